The zero-order valence-corrected chi connectivity index (χ0v) is 36.3. The molecule has 0 unspecified atom stereocenters. The number of Topliss-reactive ketones (excluding diaryl/α,β-unsaturated/α-hetero) is 1. The van der Waals surface area contributed by atoms with E-state index in [-0.39, 0.29) is 64.0 Å². The first-order valence-electron chi connectivity index (χ1n) is 21.3. The van der Waals surface area contributed by atoms with Gasteiger partial charge >= 0.3 is 0 Å². The SMILES string of the molecule is CC(=O)N[C@H]1CCCNC(=O)C[C@@H](C(C)=O)NC(=O)[C@H](Cc2c[nH]c3ccccc23)NC(=O)[C@H](CCCN=C(N)N)NC(=O)[C@@H](Cc2ccccc2)NC(=O)[C@H](Cc2cnc[nH]2)NC1=O. The van der Waals surface area contributed by atoms with E-state index in [9.17, 15) is 38.4 Å². The minimum atomic E-state index is -1.32. The lowest BCUT2D eigenvalue weighted by molar-refractivity contribution is -0.135. The average Bonchev–Trinajstić information content (AvgIpc) is 3.94. The molecule has 5 rings (SSSR count). The summed E-state index contributed by atoms with van der Waals surface area (Å²) in [5.41, 5.74) is 13.7. The summed E-state index contributed by atoms with van der Waals surface area (Å²) < 4.78 is 0. The molecule has 1 aliphatic heterocycles. The molecule has 2 aromatic carbocycles. The molecule has 65 heavy (non-hydrogen) atoms. The lowest BCUT2D eigenvalue weighted by Gasteiger charge is -2.28. The minimum absolute atomic E-state index is 0.0267. The maximum atomic E-state index is 14.5. The topological polar surface area (TPSA) is 330 Å². The number of guanidine groups is 1. The van der Waals surface area contributed by atoms with Gasteiger partial charge < -0.3 is 58.7 Å². The summed E-state index contributed by atoms with van der Waals surface area (Å²) in [6.45, 7) is 2.56. The van der Waals surface area contributed by atoms with Gasteiger partial charge in [0.05, 0.1) is 18.8 Å². The number of aromatic amines is 2. The predicted molar refractivity (Wildman–Crippen MR) is 239 cm³/mol. The van der Waals surface area contributed by atoms with Crippen molar-refractivity contribution in [3.63, 3.8) is 0 Å². The Hall–Kier alpha value is -7.58. The summed E-state index contributed by atoms with van der Waals surface area (Å²) in [5, 5.41) is 19.7. The van der Waals surface area contributed by atoms with E-state index >= 15 is 0 Å². The molecule has 0 bridgehead atoms. The number of nitrogens with zero attached hydrogens (tertiary/aromatic N) is 2. The van der Waals surface area contributed by atoms with Crippen LogP contribution in [0.2, 0.25) is 0 Å². The number of carbonyl (C=O) groups is 8. The second kappa shape index (κ2) is 23.7. The van der Waals surface area contributed by atoms with E-state index in [0.717, 1.165) is 10.9 Å². The molecule has 4 aromatic rings. The molecule has 21 nitrogen and oxygen atoms in total. The van der Waals surface area contributed by atoms with Gasteiger partial charge in [0.15, 0.2) is 11.7 Å². The predicted octanol–water partition coefficient (Wildman–Crippen LogP) is -1.21. The fourth-order valence-electron chi connectivity index (χ4n) is 7.35. The van der Waals surface area contributed by atoms with Gasteiger partial charge in [-0.3, -0.25) is 43.3 Å². The molecule has 0 spiro atoms. The lowest BCUT2D eigenvalue weighted by Crippen LogP contribution is -2.60. The van der Waals surface area contributed by atoms with Crippen molar-refractivity contribution in [2.75, 3.05) is 13.1 Å². The van der Waals surface area contributed by atoms with Crippen molar-refractivity contribution in [3.05, 3.63) is 90.1 Å². The van der Waals surface area contributed by atoms with Crippen molar-refractivity contribution in [1.29, 1.82) is 0 Å². The van der Waals surface area contributed by atoms with E-state index in [1.54, 1.807) is 36.5 Å². The fraction of sp³-hybridized carbons (Fsp3) is 0.409. The number of amides is 7. The molecule has 1 aliphatic rings. The van der Waals surface area contributed by atoms with Crippen molar-refractivity contribution < 1.29 is 38.4 Å². The molecule has 2 aromatic heterocycles. The lowest BCUT2D eigenvalue weighted by atomic mass is 10.0. The number of hydrogen-bond donors (Lipinski definition) is 11. The number of hydrogen-bond acceptors (Lipinski definition) is 10. The second-order valence-electron chi connectivity index (χ2n) is 15.8. The third-order valence-corrected chi connectivity index (χ3v) is 10.7. The summed E-state index contributed by atoms with van der Waals surface area (Å²) in [6.07, 6.45) is 4.33. The Morgan fingerprint density at radius 2 is 1.38 bits per heavy atom. The van der Waals surface area contributed by atoms with E-state index < -0.39 is 89.8 Å². The monoisotopic (exact) mass is 895 g/mol. The number of fused-ring (bicyclic) bond motifs is 1. The van der Waals surface area contributed by atoms with E-state index in [1.807, 2.05) is 24.3 Å². The van der Waals surface area contributed by atoms with Gasteiger partial charge in [-0.15, -0.1) is 0 Å². The Bertz CT molecular complexity index is 2330. The number of carbonyl (C=O) groups excluding carboxylic acids is 8. The first kappa shape index (κ1) is 48.5. The molecule has 21 heteroatoms. The molecular formula is C44H57N13O8. The third-order valence-electron chi connectivity index (χ3n) is 10.7. The van der Waals surface area contributed by atoms with Crippen LogP contribution in [0, 0.1) is 0 Å². The Morgan fingerprint density at radius 3 is 2.06 bits per heavy atom. The van der Waals surface area contributed by atoms with Crippen LogP contribution in [-0.2, 0) is 57.6 Å². The highest BCUT2D eigenvalue weighted by Gasteiger charge is 2.34. The molecule has 0 radical (unpaired) electrons. The average molecular weight is 896 g/mol. The summed E-state index contributed by atoms with van der Waals surface area (Å²) in [5.74, 6) is -5.61. The van der Waals surface area contributed by atoms with Gasteiger partial charge in [-0.05, 0) is 49.8 Å². The van der Waals surface area contributed by atoms with Crippen molar-refractivity contribution >= 4 is 64.0 Å². The van der Waals surface area contributed by atoms with Gasteiger partial charge in [-0.2, -0.15) is 0 Å². The summed E-state index contributed by atoms with van der Waals surface area (Å²) in [4.78, 5) is 124. The van der Waals surface area contributed by atoms with Crippen LogP contribution in [-0.4, -0.2) is 117 Å². The summed E-state index contributed by atoms with van der Waals surface area (Å²) in [6, 6.07) is 8.49. The highest BCUT2D eigenvalue weighted by Crippen LogP contribution is 2.20. The number of rotatable bonds is 12. The zero-order chi connectivity index (χ0) is 46.9. The number of ketones is 1. The Kier molecular flexibility index (Phi) is 17.7. The molecule has 1 fully saturated rings. The fourth-order valence-corrected chi connectivity index (χ4v) is 7.35. The van der Waals surface area contributed by atoms with Crippen molar-refractivity contribution in [2.24, 2.45) is 16.5 Å². The molecular weight excluding hydrogens is 839 g/mol. The number of para-hydroxylation sites is 1. The second-order valence-corrected chi connectivity index (χ2v) is 15.8. The Labute approximate surface area is 374 Å². The van der Waals surface area contributed by atoms with Crippen LogP contribution in [0.15, 0.2) is 78.3 Å². The highest BCUT2D eigenvalue weighted by molar-refractivity contribution is 5.98. The quantitative estimate of drug-likeness (QED) is 0.0456. The van der Waals surface area contributed by atoms with Crippen LogP contribution in [0.5, 0.6) is 0 Å². The Balaban J connectivity index is 1.54. The van der Waals surface area contributed by atoms with Gasteiger partial charge in [0.25, 0.3) is 0 Å². The third kappa shape index (κ3) is 15.0. The molecule has 1 saturated heterocycles. The highest BCUT2D eigenvalue weighted by atomic mass is 16.2. The maximum absolute atomic E-state index is 14.5. The van der Waals surface area contributed by atoms with Crippen LogP contribution in [0.25, 0.3) is 10.9 Å². The number of imidazole rings is 1. The van der Waals surface area contributed by atoms with E-state index in [1.165, 1.54) is 26.4 Å². The standard InChI is InChI=1S/C44H57N13O8/c1-25(58)34-21-38(60)48-16-8-14-32(52-26(2)59)39(61)57-37(20-29-23-47-24-51-29)43(65)55-35(18-27-10-4-3-5-11-27)41(63)53-33(15-9-17-49-44(45)46)40(62)56-36(42(64)54-34)19-28-22-50-31-13-7-6-12-30(28)31/h3-7,10-13,22-24,32-37,50H,8-9,14-21H2,1-2H3,(H,47,51)(H,48,60)(H,52,59)(H,53,63)(H,54,64)(H,55,65)(H,56,62)(H,57,61)(H4,45,46,49)/t32-,33-,34-,35+,36-,37-/m0/s1. The largest absolute Gasteiger partial charge is 0.370 e. The van der Waals surface area contributed by atoms with E-state index in [4.69, 9.17) is 11.5 Å². The smallest absolute Gasteiger partial charge is 0.243 e. The maximum Gasteiger partial charge on any atom is 0.243 e. The van der Waals surface area contributed by atoms with Gasteiger partial charge in [-0.25, -0.2) is 4.98 Å². The van der Waals surface area contributed by atoms with Crippen LogP contribution in [0.4, 0.5) is 0 Å². The first-order chi connectivity index (χ1) is 31.2. The molecule has 346 valence electrons. The zero-order valence-electron chi connectivity index (χ0n) is 36.3. The number of aromatic nitrogens is 3. The van der Waals surface area contributed by atoms with Gasteiger partial charge in [-0.1, -0.05) is 48.5 Å². The first-order valence-corrected chi connectivity index (χ1v) is 21.3. The van der Waals surface area contributed by atoms with Gasteiger partial charge in [0.2, 0.25) is 41.4 Å². The van der Waals surface area contributed by atoms with Crippen LogP contribution in [0.3, 0.4) is 0 Å². The van der Waals surface area contributed by atoms with E-state index in [0.29, 0.717) is 16.8 Å². The minimum Gasteiger partial charge on any atom is -0.370 e. The number of aliphatic imine (C=N–C) groups is 1. The van der Waals surface area contributed by atoms with Crippen molar-refractivity contribution in [3.8, 4) is 0 Å². The number of benzene rings is 2. The number of nitrogens with one attached hydrogen (secondary N) is 9. The molecule has 6 atom stereocenters. The number of H-pyrrole nitrogens is 2. The summed E-state index contributed by atoms with van der Waals surface area (Å²) in [7, 11) is 0. The van der Waals surface area contributed by atoms with Crippen LogP contribution in [0.1, 0.15) is 62.8 Å². The molecule has 0 saturated carbocycles. The Morgan fingerprint density at radius 1 is 0.754 bits per heavy atom. The molecule has 7 amide bonds. The number of nitrogens with two attached hydrogens (primary N) is 2. The van der Waals surface area contributed by atoms with E-state index in [2.05, 4.69) is 57.2 Å². The molecule has 3 heterocycles. The molecule has 13 N–H and O–H groups in total. The van der Waals surface area contributed by atoms with Crippen molar-refractivity contribution in [2.45, 2.75) is 101 Å². The van der Waals surface area contributed by atoms with Crippen molar-refractivity contribution in [1.82, 2.24) is 52.2 Å². The summed E-state index contributed by atoms with van der Waals surface area (Å²) >= 11 is 0. The molecule has 0 aliphatic carbocycles. The van der Waals surface area contributed by atoms with Crippen LogP contribution < -0.4 is 48.7 Å². The van der Waals surface area contributed by atoms with Gasteiger partial charge in [0, 0.05) is 68.3 Å². The normalized spacial score (nSPS) is 22.1. The van der Waals surface area contributed by atoms with Gasteiger partial charge in [0.1, 0.15) is 30.2 Å². The van der Waals surface area contributed by atoms with Crippen LogP contribution >= 0.6 is 0 Å².